The van der Waals surface area contributed by atoms with Crippen molar-refractivity contribution < 1.29 is 13.7 Å². The second kappa shape index (κ2) is 10.0. The van der Waals surface area contributed by atoms with Gasteiger partial charge in [0.15, 0.2) is 0 Å². The fraction of sp³-hybridized carbons (Fsp3) is 0.476. The summed E-state index contributed by atoms with van der Waals surface area (Å²) in [5.41, 5.74) is 0. The van der Waals surface area contributed by atoms with Gasteiger partial charge in [-0.2, -0.15) is 4.98 Å². The van der Waals surface area contributed by atoms with Gasteiger partial charge in [0.1, 0.15) is 5.76 Å². The van der Waals surface area contributed by atoms with E-state index in [1.807, 2.05) is 36.7 Å². The van der Waals surface area contributed by atoms with Crippen LogP contribution in [0.5, 0.6) is 0 Å². The van der Waals surface area contributed by atoms with Gasteiger partial charge in [0.2, 0.25) is 17.6 Å². The van der Waals surface area contributed by atoms with Gasteiger partial charge in [-0.05, 0) is 36.5 Å². The number of amides is 1. The van der Waals surface area contributed by atoms with Crippen LogP contribution in [0.25, 0.3) is 10.7 Å². The second-order valence-corrected chi connectivity index (χ2v) is 8.49. The first-order valence-electron chi connectivity index (χ1n) is 10.2. The highest BCUT2D eigenvalue weighted by Crippen LogP contribution is 2.21. The molecule has 3 aromatic heterocycles. The number of carbonyl (C=O) groups excluding carboxylic acids is 1. The largest absolute Gasteiger partial charge is 0.467 e. The van der Waals surface area contributed by atoms with Crippen molar-refractivity contribution in [3.8, 4) is 10.7 Å². The number of aromatic nitrogens is 2. The predicted octanol–water partition coefficient (Wildman–Crippen LogP) is 2.60. The number of rotatable bonds is 9. The number of piperazine rings is 1. The lowest BCUT2D eigenvalue weighted by Gasteiger charge is -2.34. The monoisotopic (exact) mass is 429 g/mol. The molecule has 160 valence electrons. The Balaban J connectivity index is 1.13. The van der Waals surface area contributed by atoms with E-state index in [-0.39, 0.29) is 5.91 Å². The molecule has 0 aliphatic carbocycles. The van der Waals surface area contributed by atoms with Crippen molar-refractivity contribution in [2.45, 2.75) is 19.4 Å². The summed E-state index contributed by atoms with van der Waals surface area (Å²) < 4.78 is 10.7. The smallest absolute Gasteiger partial charge is 0.236 e. The van der Waals surface area contributed by atoms with Crippen molar-refractivity contribution >= 4 is 17.2 Å². The molecule has 0 spiro atoms. The van der Waals surface area contributed by atoms with Gasteiger partial charge in [-0.3, -0.25) is 9.69 Å². The third kappa shape index (κ3) is 5.56. The molecule has 9 heteroatoms. The van der Waals surface area contributed by atoms with Crippen molar-refractivity contribution in [1.82, 2.24) is 24.8 Å². The molecule has 0 N–H and O–H groups in total. The SMILES string of the molecule is CN(Cc1ccco1)C(=O)CN1CCN(CCCc2nc(-c3cccs3)no2)CC1. The Hall–Kier alpha value is -2.49. The van der Waals surface area contributed by atoms with Crippen LogP contribution in [-0.2, 0) is 17.8 Å². The standard InChI is InChI=1S/C21H27N5O3S/c1-24(15-17-5-3-13-28-17)20(27)16-26-11-9-25(10-12-26)8-2-7-19-22-21(23-29-19)18-6-4-14-30-18/h3-6,13-14H,2,7-12,15-16H2,1H3. The summed E-state index contributed by atoms with van der Waals surface area (Å²) in [5.74, 6) is 2.30. The van der Waals surface area contributed by atoms with Crippen LogP contribution in [0, 0.1) is 0 Å². The first-order valence-corrected chi connectivity index (χ1v) is 11.1. The molecule has 0 radical (unpaired) electrons. The molecule has 4 heterocycles. The van der Waals surface area contributed by atoms with Gasteiger partial charge in [0.25, 0.3) is 0 Å². The number of hydrogen-bond acceptors (Lipinski definition) is 8. The summed E-state index contributed by atoms with van der Waals surface area (Å²) in [6, 6.07) is 7.71. The highest BCUT2D eigenvalue weighted by molar-refractivity contribution is 7.13. The fourth-order valence-electron chi connectivity index (χ4n) is 3.52. The molecule has 4 rings (SSSR count). The molecule has 0 bridgehead atoms. The van der Waals surface area contributed by atoms with Crippen molar-refractivity contribution in [3.05, 3.63) is 47.6 Å². The van der Waals surface area contributed by atoms with Gasteiger partial charge in [0.05, 0.1) is 24.2 Å². The molecule has 0 aromatic carbocycles. The lowest BCUT2D eigenvalue weighted by molar-refractivity contribution is -0.132. The van der Waals surface area contributed by atoms with E-state index in [4.69, 9.17) is 8.94 Å². The van der Waals surface area contributed by atoms with Crippen LogP contribution in [0.1, 0.15) is 18.1 Å². The average molecular weight is 430 g/mol. The van der Waals surface area contributed by atoms with Crippen LogP contribution in [0.4, 0.5) is 0 Å². The van der Waals surface area contributed by atoms with E-state index < -0.39 is 0 Å². The van der Waals surface area contributed by atoms with Gasteiger partial charge < -0.3 is 18.7 Å². The minimum atomic E-state index is 0.123. The zero-order valence-electron chi connectivity index (χ0n) is 17.2. The Labute approximate surface area is 180 Å². The van der Waals surface area contributed by atoms with E-state index in [1.165, 1.54) is 0 Å². The van der Waals surface area contributed by atoms with E-state index in [1.54, 1.807) is 22.5 Å². The average Bonchev–Trinajstić information content (AvgIpc) is 3.52. The van der Waals surface area contributed by atoms with Crippen LogP contribution in [0.15, 0.2) is 44.8 Å². The minimum absolute atomic E-state index is 0.123. The number of aryl methyl sites for hydroxylation is 1. The maximum atomic E-state index is 12.4. The topological polar surface area (TPSA) is 78.9 Å². The maximum Gasteiger partial charge on any atom is 0.236 e. The Morgan fingerprint density at radius 1 is 1.20 bits per heavy atom. The molecule has 1 amide bonds. The van der Waals surface area contributed by atoms with Gasteiger partial charge in [-0.25, -0.2) is 0 Å². The molecule has 0 atom stereocenters. The lowest BCUT2D eigenvalue weighted by Crippen LogP contribution is -2.49. The number of nitrogens with zero attached hydrogens (tertiary/aromatic N) is 5. The van der Waals surface area contributed by atoms with E-state index in [2.05, 4.69) is 19.9 Å². The molecule has 3 aromatic rings. The second-order valence-electron chi connectivity index (χ2n) is 7.54. The van der Waals surface area contributed by atoms with E-state index in [0.717, 1.165) is 56.2 Å². The molecular formula is C21H27N5O3S. The quantitative estimate of drug-likeness (QED) is 0.517. The summed E-state index contributed by atoms with van der Waals surface area (Å²) in [6.45, 7) is 5.72. The first-order chi connectivity index (χ1) is 14.7. The third-order valence-electron chi connectivity index (χ3n) is 5.30. The molecular weight excluding hydrogens is 402 g/mol. The van der Waals surface area contributed by atoms with Crippen molar-refractivity contribution in [1.29, 1.82) is 0 Å². The predicted molar refractivity (Wildman–Crippen MR) is 114 cm³/mol. The zero-order chi connectivity index (χ0) is 20.8. The normalized spacial score (nSPS) is 15.5. The fourth-order valence-corrected chi connectivity index (χ4v) is 4.17. The molecule has 1 aliphatic heterocycles. The van der Waals surface area contributed by atoms with Gasteiger partial charge in [-0.15, -0.1) is 11.3 Å². The number of furan rings is 1. The number of hydrogen-bond donors (Lipinski definition) is 0. The molecule has 1 fully saturated rings. The molecule has 1 aliphatic rings. The van der Waals surface area contributed by atoms with Crippen molar-refractivity contribution in [2.75, 3.05) is 46.3 Å². The Bertz CT molecular complexity index is 901. The summed E-state index contributed by atoms with van der Waals surface area (Å²) in [5, 5.41) is 6.07. The third-order valence-corrected chi connectivity index (χ3v) is 6.16. The van der Waals surface area contributed by atoms with E-state index in [9.17, 15) is 4.79 Å². The highest BCUT2D eigenvalue weighted by atomic mass is 32.1. The van der Waals surface area contributed by atoms with Gasteiger partial charge >= 0.3 is 0 Å². The van der Waals surface area contributed by atoms with Crippen LogP contribution in [-0.4, -0.2) is 77.1 Å². The Morgan fingerprint density at radius 2 is 2.03 bits per heavy atom. The molecule has 30 heavy (non-hydrogen) atoms. The van der Waals surface area contributed by atoms with Crippen LogP contribution in [0.3, 0.4) is 0 Å². The van der Waals surface area contributed by atoms with Gasteiger partial charge in [0, 0.05) is 39.6 Å². The Morgan fingerprint density at radius 3 is 2.77 bits per heavy atom. The molecule has 1 saturated heterocycles. The van der Waals surface area contributed by atoms with Crippen LogP contribution in [0.2, 0.25) is 0 Å². The van der Waals surface area contributed by atoms with Gasteiger partial charge in [-0.1, -0.05) is 11.2 Å². The summed E-state index contributed by atoms with van der Waals surface area (Å²) in [7, 11) is 1.82. The van der Waals surface area contributed by atoms with E-state index in [0.29, 0.717) is 24.8 Å². The molecule has 8 nitrogen and oxygen atoms in total. The highest BCUT2D eigenvalue weighted by Gasteiger charge is 2.21. The first kappa shape index (κ1) is 20.8. The zero-order valence-corrected chi connectivity index (χ0v) is 18.0. The summed E-state index contributed by atoms with van der Waals surface area (Å²) in [4.78, 5) is 24.3. The van der Waals surface area contributed by atoms with Crippen LogP contribution < -0.4 is 0 Å². The van der Waals surface area contributed by atoms with Crippen molar-refractivity contribution in [2.24, 2.45) is 0 Å². The minimum Gasteiger partial charge on any atom is -0.467 e. The van der Waals surface area contributed by atoms with E-state index >= 15 is 0 Å². The lowest BCUT2D eigenvalue weighted by atomic mass is 10.2. The molecule has 0 unspecified atom stereocenters. The van der Waals surface area contributed by atoms with Crippen LogP contribution >= 0.6 is 11.3 Å². The summed E-state index contributed by atoms with van der Waals surface area (Å²) in [6.07, 6.45) is 3.40. The summed E-state index contributed by atoms with van der Waals surface area (Å²) >= 11 is 1.61. The number of carbonyl (C=O) groups is 1. The molecule has 0 saturated carbocycles. The maximum absolute atomic E-state index is 12.4. The number of thiophene rings is 1. The Kier molecular flexibility index (Phi) is 6.93. The number of likely N-dealkylation sites (N-methyl/N-ethyl adjacent to an activating group) is 1. The van der Waals surface area contributed by atoms with Crippen molar-refractivity contribution in [3.63, 3.8) is 0 Å².